The molecular formula is C18H20N4OS. The van der Waals surface area contributed by atoms with Gasteiger partial charge in [0.1, 0.15) is 0 Å². The Hall–Kier alpha value is -2.34. The molecule has 0 radical (unpaired) electrons. The summed E-state index contributed by atoms with van der Waals surface area (Å²) in [6.45, 7) is 4.89. The third-order valence-electron chi connectivity index (χ3n) is 3.85. The average molecular weight is 340 g/mol. The molecule has 2 aromatic heterocycles. The van der Waals surface area contributed by atoms with Gasteiger partial charge in [-0.05, 0) is 43.7 Å². The van der Waals surface area contributed by atoms with E-state index >= 15 is 0 Å². The highest BCUT2D eigenvalue weighted by Gasteiger charge is 2.13. The van der Waals surface area contributed by atoms with Crippen molar-refractivity contribution in [3.05, 3.63) is 54.4 Å². The van der Waals surface area contributed by atoms with E-state index in [-0.39, 0.29) is 11.9 Å². The summed E-state index contributed by atoms with van der Waals surface area (Å²) in [5.74, 6) is 0.345. The van der Waals surface area contributed by atoms with Gasteiger partial charge in [-0.15, -0.1) is 0 Å². The Morgan fingerprint density at radius 2 is 2.00 bits per heavy atom. The van der Waals surface area contributed by atoms with Crippen molar-refractivity contribution in [2.24, 2.45) is 0 Å². The molecule has 3 rings (SSSR count). The number of aryl methyl sites for hydroxylation is 1. The average Bonchev–Trinajstić information content (AvgIpc) is 2.98. The molecule has 0 aliphatic carbocycles. The number of amides is 1. The van der Waals surface area contributed by atoms with Gasteiger partial charge in [0.2, 0.25) is 5.91 Å². The van der Waals surface area contributed by atoms with Crippen LogP contribution in [-0.2, 0) is 11.3 Å². The smallest absolute Gasteiger partial charge is 0.230 e. The Kier molecular flexibility index (Phi) is 5.15. The van der Waals surface area contributed by atoms with E-state index in [1.807, 2.05) is 37.3 Å². The minimum Gasteiger partial charge on any atom is -0.349 e. The third kappa shape index (κ3) is 3.59. The normalized spacial score (nSPS) is 12.2. The Labute approximate surface area is 145 Å². The first-order valence-electron chi connectivity index (χ1n) is 7.96. The third-order valence-corrected chi connectivity index (χ3v) is 4.83. The standard InChI is InChI=1S/C18H20N4OS/c1-3-22-16-7-5-4-6-15(16)21-18(22)24-12-17(23)20-13(2)14-8-10-19-11-9-14/h4-11,13H,3,12H2,1-2H3,(H,20,23). The first-order chi connectivity index (χ1) is 11.7. The van der Waals surface area contributed by atoms with Crippen molar-refractivity contribution >= 4 is 28.7 Å². The molecule has 0 saturated heterocycles. The number of rotatable bonds is 6. The number of nitrogens with zero attached hydrogens (tertiary/aromatic N) is 3. The van der Waals surface area contributed by atoms with E-state index in [2.05, 4.69) is 32.8 Å². The molecule has 124 valence electrons. The molecular weight excluding hydrogens is 320 g/mol. The topological polar surface area (TPSA) is 59.8 Å². The molecule has 1 atom stereocenters. The van der Waals surface area contributed by atoms with Crippen LogP contribution in [-0.4, -0.2) is 26.2 Å². The van der Waals surface area contributed by atoms with Gasteiger partial charge < -0.3 is 9.88 Å². The van der Waals surface area contributed by atoms with Crippen LogP contribution in [0.4, 0.5) is 0 Å². The molecule has 0 bridgehead atoms. The second-order valence-electron chi connectivity index (χ2n) is 5.49. The molecule has 24 heavy (non-hydrogen) atoms. The summed E-state index contributed by atoms with van der Waals surface area (Å²) >= 11 is 1.47. The Morgan fingerprint density at radius 3 is 2.75 bits per heavy atom. The lowest BCUT2D eigenvalue weighted by Crippen LogP contribution is -2.28. The van der Waals surface area contributed by atoms with E-state index in [0.29, 0.717) is 5.75 Å². The maximum absolute atomic E-state index is 12.2. The van der Waals surface area contributed by atoms with Gasteiger partial charge >= 0.3 is 0 Å². The summed E-state index contributed by atoms with van der Waals surface area (Å²) in [7, 11) is 0. The number of para-hydroxylation sites is 2. The molecule has 6 heteroatoms. The van der Waals surface area contributed by atoms with E-state index in [0.717, 1.165) is 28.3 Å². The number of benzene rings is 1. The van der Waals surface area contributed by atoms with Crippen LogP contribution in [0.1, 0.15) is 25.5 Å². The number of carbonyl (C=O) groups is 1. The number of aromatic nitrogens is 3. The molecule has 0 spiro atoms. The number of hydrogen-bond acceptors (Lipinski definition) is 4. The molecule has 1 aromatic carbocycles. The number of hydrogen-bond donors (Lipinski definition) is 1. The Morgan fingerprint density at radius 1 is 1.25 bits per heavy atom. The number of fused-ring (bicyclic) bond motifs is 1. The molecule has 1 unspecified atom stereocenters. The van der Waals surface area contributed by atoms with Gasteiger partial charge in [0, 0.05) is 18.9 Å². The van der Waals surface area contributed by atoms with Gasteiger partial charge in [-0.1, -0.05) is 23.9 Å². The molecule has 3 aromatic rings. The lowest BCUT2D eigenvalue weighted by Gasteiger charge is -2.14. The summed E-state index contributed by atoms with van der Waals surface area (Å²) in [4.78, 5) is 20.9. The van der Waals surface area contributed by atoms with Crippen molar-refractivity contribution in [1.29, 1.82) is 0 Å². The van der Waals surface area contributed by atoms with Crippen LogP contribution in [0.15, 0.2) is 53.9 Å². The number of carbonyl (C=O) groups excluding carboxylic acids is 1. The minimum atomic E-state index is -0.0360. The van der Waals surface area contributed by atoms with Crippen molar-refractivity contribution in [3.8, 4) is 0 Å². The highest BCUT2D eigenvalue weighted by Crippen LogP contribution is 2.24. The SMILES string of the molecule is CCn1c(SCC(=O)NC(C)c2ccncc2)nc2ccccc21. The first-order valence-corrected chi connectivity index (χ1v) is 8.95. The summed E-state index contributed by atoms with van der Waals surface area (Å²) < 4.78 is 2.14. The molecule has 2 heterocycles. The van der Waals surface area contributed by atoms with Gasteiger partial charge in [-0.3, -0.25) is 9.78 Å². The largest absolute Gasteiger partial charge is 0.349 e. The number of thioether (sulfide) groups is 1. The second-order valence-corrected chi connectivity index (χ2v) is 6.43. The van der Waals surface area contributed by atoms with Crippen LogP contribution in [0.25, 0.3) is 11.0 Å². The van der Waals surface area contributed by atoms with Crippen LogP contribution in [0, 0.1) is 0 Å². The molecule has 0 saturated carbocycles. The maximum atomic E-state index is 12.2. The fraction of sp³-hybridized carbons (Fsp3) is 0.278. The van der Waals surface area contributed by atoms with Crippen LogP contribution in [0.3, 0.4) is 0 Å². The summed E-state index contributed by atoms with van der Waals surface area (Å²) in [6, 6.07) is 11.8. The van der Waals surface area contributed by atoms with E-state index < -0.39 is 0 Å². The Balaban J connectivity index is 1.64. The van der Waals surface area contributed by atoms with Crippen molar-refractivity contribution in [2.45, 2.75) is 31.6 Å². The predicted octanol–water partition coefficient (Wildman–Crippen LogP) is 3.42. The van der Waals surface area contributed by atoms with Crippen molar-refractivity contribution in [1.82, 2.24) is 19.9 Å². The maximum Gasteiger partial charge on any atom is 0.230 e. The molecule has 0 fully saturated rings. The van der Waals surface area contributed by atoms with E-state index in [1.165, 1.54) is 11.8 Å². The lowest BCUT2D eigenvalue weighted by molar-refractivity contribution is -0.119. The molecule has 1 amide bonds. The number of nitrogens with one attached hydrogen (secondary N) is 1. The van der Waals surface area contributed by atoms with Gasteiger partial charge in [0.15, 0.2) is 5.16 Å². The first kappa shape index (κ1) is 16.5. The lowest BCUT2D eigenvalue weighted by atomic mass is 10.1. The monoisotopic (exact) mass is 340 g/mol. The van der Waals surface area contributed by atoms with Crippen LogP contribution >= 0.6 is 11.8 Å². The summed E-state index contributed by atoms with van der Waals surface area (Å²) in [5.41, 5.74) is 3.12. The predicted molar refractivity (Wildman–Crippen MR) is 96.9 cm³/mol. The van der Waals surface area contributed by atoms with Gasteiger partial charge in [0.05, 0.1) is 22.8 Å². The molecule has 5 nitrogen and oxygen atoms in total. The highest BCUT2D eigenvalue weighted by molar-refractivity contribution is 7.99. The van der Waals surface area contributed by atoms with E-state index in [1.54, 1.807) is 12.4 Å². The fourth-order valence-corrected chi connectivity index (χ4v) is 3.51. The van der Waals surface area contributed by atoms with Gasteiger partial charge in [0.25, 0.3) is 0 Å². The second kappa shape index (κ2) is 7.49. The zero-order chi connectivity index (χ0) is 16.9. The van der Waals surface area contributed by atoms with Crippen molar-refractivity contribution in [2.75, 3.05) is 5.75 Å². The minimum absolute atomic E-state index is 0.000906. The van der Waals surface area contributed by atoms with Crippen LogP contribution in [0.5, 0.6) is 0 Å². The zero-order valence-electron chi connectivity index (χ0n) is 13.8. The number of pyridine rings is 1. The molecule has 0 aliphatic heterocycles. The summed E-state index contributed by atoms with van der Waals surface area (Å²) in [6.07, 6.45) is 3.46. The quantitative estimate of drug-likeness (QED) is 0.699. The molecule has 0 aliphatic rings. The molecule has 1 N–H and O–H groups in total. The van der Waals surface area contributed by atoms with Crippen molar-refractivity contribution < 1.29 is 4.79 Å². The van der Waals surface area contributed by atoms with Crippen LogP contribution in [0.2, 0.25) is 0 Å². The van der Waals surface area contributed by atoms with Gasteiger partial charge in [-0.25, -0.2) is 4.98 Å². The van der Waals surface area contributed by atoms with E-state index in [9.17, 15) is 4.79 Å². The summed E-state index contributed by atoms with van der Waals surface area (Å²) in [5, 5.41) is 3.89. The highest BCUT2D eigenvalue weighted by atomic mass is 32.2. The van der Waals surface area contributed by atoms with E-state index in [4.69, 9.17) is 0 Å². The zero-order valence-corrected chi connectivity index (χ0v) is 14.6. The fourth-order valence-electron chi connectivity index (χ4n) is 2.62. The number of imidazole rings is 1. The Bertz CT molecular complexity index is 831. The van der Waals surface area contributed by atoms with Gasteiger partial charge in [-0.2, -0.15) is 0 Å². The van der Waals surface area contributed by atoms with Crippen molar-refractivity contribution in [3.63, 3.8) is 0 Å². The van der Waals surface area contributed by atoms with Crippen LogP contribution < -0.4 is 5.32 Å².